The number of fused-ring (bicyclic) bond motifs is 3. The second-order valence-corrected chi connectivity index (χ2v) is 8.91. The molecular formula is C26H28N4O3S. The van der Waals surface area contributed by atoms with E-state index in [2.05, 4.69) is 22.1 Å². The third kappa shape index (κ3) is 5.39. The van der Waals surface area contributed by atoms with Crippen molar-refractivity contribution in [2.45, 2.75) is 44.5 Å². The fourth-order valence-corrected chi connectivity index (χ4v) is 4.47. The zero-order valence-corrected chi connectivity index (χ0v) is 20.4. The summed E-state index contributed by atoms with van der Waals surface area (Å²) < 4.78 is 11.5. The number of benzene rings is 2. The van der Waals surface area contributed by atoms with Crippen molar-refractivity contribution < 1.29 is 14.3 Å². The van der Waals surface area contributed by atoms with Gasteiger partial charge in [0.1, 0.15) is 5.75 Å². The molecule has 34 heavy (non-hydrogen) atoms. The third-order valence-electron chi connectivity index (χ3n) is 5.43. The average Bonchev–Trinajstić information content (AvgIpc) is 2.99. The molecule has 7 nitrogen and oxygen atoms in total. The van der Waals surface area contributed by atoms with E-state index in [-0.39, 0.29) is 5.91 Å². The highest BCUT2D eigenvalue weighted by molar-refractivity contribution is 7.99. The first-order chi connectivity index (χ1) is 16.6. The Morgan fingerprint density at radius 1 is 1.15 bits per heavy atom. The van der Waals surface area contributed by atoms with Crippen molar-refractivity contribution >= 4 is 29.4 Å². The molecule has 0 N–H and O–H groups in total. The van der Waals surface area contributed by atoms with Gasteiger partial charge in [0.05, 0.1) is 12.8 Å². The molecule has 0 saturated carbocycles. The molecule has 1 amide bonds. The van der Waals surface area contributed by atoms with E-state index in [0.29, 0.717) is 22.4 Å². The summed E-state index contributed by atoms with van der Waals surface area (Å²) in [6.45, 7) is 3.70. The highest BCUT2D eigenvalue weighted by Gasteiger charge is 2.32. The van der Waals surface area contributed by atoms with Crippen LogP contribution in [0.1, 0.15) is 38.7 Å². The summed E-state index contributed by atoms with van der Waals surface area (Å²) in [7, 11) is 1.64. The molecular weight excluding hydrogens is 448 g/mol. The smallest absolute Gasteiger partial charge is 0.247 e. The fourth-order valence-electron chi connectivity index (χ4n) is 3.70. The van der Waals surface area contributed by atoms with Gasteiger partial charge in [-0.1, -0.05) is 67.9 Å². The lowest BCUT2D eigenvalue weighted by molar-refractivity contribution is -0.117. The van der Waals surface area contributed by atoms with Gasteiger partial charge in [0.25, 0.3) is 0 Å². The van der Waals surface area contributed by atoms with Crippen LogP contribution in [-0.4, -0.2) is 40.2 Å². The summed E-state index contributed by atoms with van der Waals surface area (Å²) in [6.07, 6.45) is 6.50. The zero-order chi connectivity index (χ0) is 23.9. The predicted octanol–water partition coefficient (Wildman–Crippen LogP) is 5.61. The quantitative estimate of drug-likeness (QED) is 0.309. The Bertz CT molecular complexity index is 1170. The monoisotopic (exact) mass is 476 g/mol. The molecule has 1 aromatic heterocycles. The summed E-state index contributed by atoms with van der Waals surface area (Å²) in [4.78, 5) is 19.1. The second kappa shape index (κ2) is 11.2. The third-order valence-corrected chi connectivity index (χ3v) is 6.35. The normalized spacial score (nSPS) is 14.8. The number of amides is 1. The number of nitrogens with zero attached hydrogens (tertiary/aromatic N) is 4. The SMILES string of the molecule is CCCCCSc1nnc2c(n1)O[C@H](/C=C\c1ccc(OC)cc1)N(C(C)=O)c1ccccc1-2. The first kappa shape index (κ1) is 23.8. The Morgan fingerprint density at radius 3 is 2.68 bits per heavy atom. The van der Waals surface area contributed by atoms with Gasteiger partial charge in [0.15, 0.2) is 11.9 Å². The standard InChI is InChI=1S/C26H28N4O3S/c1-4-5-8-17-34-26-27-25-24(28-29-26)21-9-6-7-10-22(21)30(18(2)31)23(33-25)16-13-19-11-14-20(32-3)15-12-19/h6-7,9-16,23H,4-5,8,17H2,1-3H3/b16-13-/t23-/m1/s1. The number of ether oxygens (including phenoxy) is 2. The number of hydrogen-bond donors (Lipinski definition) is 0. The van der Waals surface area contributed by atoms with E-state index < -0.39 is 6.23 Å². The molecule has 4 rings (SSSR count). The lowest BCUT2D eigenvalue weighted by Gasteiger charge is -2.27. The van der Waals surface area contributed by atoms with Crippen LogP contribution < -0.4 is 14.4 Å². The molecule has 3 aromatic rings. The molecule has 0 fully saturated rings. The number of rotatable bonds is 8. The van der Waals surface area contributed by atoms with Crippen LogP contribution in [0.5, 0.6) is 11.6 Å². The predicted molar refractivity (Wildman–Crippen MR) is 135 cm³/mol. The first-order valence-corrected chi connectivity index (χ1v) is 12.3. The molecule has 0 bridgehead atoms. The zero-order valence-electron chi connectivity index (χ0n) is 19.6. The minimum atomic E-state index is -0.698. The molecule has 0 radical (unpaired) electrons. The summed E-state index contributed by atoms with van der Waals surface area (Å²) in [6, 6.07) is 15.3. The van der Waals surface area contributed by atoms with Crippen molar-refractivity contribution in [3.05, 3.63) is 60.2 Å². The summed E-state index contributed by atoms with van der Waals surface area (Å²) in [5, 5.41) is 9.35. The molecule has 1 aliphatic rings. The lowest BCUT2D eigenvalue weighted by atomic mass is 10.1. The van der Waals surface area contributed by atoms with Gasteiger partial charge in [-0.05, 0) is 36.3 Å². The van der Waals surface area contributed by atoms with Crippen molar-refractivity contribution in [1.82, 2.24) is 15.2 Å². The Hall–Kier alpha value is -3.39. The Morgan fingerprint density at radius 2 is 1.94 bits per heavy atom. The number of unbranched alkanes of at least 4 members (excludes halogenated alkanes) is 2. The van der Waals surface area contributed by atoms with Crippen LogP contribution in [0.4, 0.5) is 5.69 Å². The molecule has 0 aliphatic carbocycles. The van der Waals surface area contributed by atoms with Gasteiger partial charge >= 0.3 is 0 Å². The summed E-state index contributed by atoms with van der Waals surface area (Å²) in [5.41, 5.74) is 2.95. The van der Waals surface area contributed by atoms with E-state index in [0.717, 1.165) is 35.5 Å². The van der Waals surface area contributed by atoms with Gasteiger partial charge in [-0.2, -0.15) is 4.98 Å². The van der Waals surface area contributed by atoms with Crippen LogP contribution in [0, 0.1) is 0 Å². The minimum absolute atomic E-state index is 0.147. The lowest BCUT2D eigenvalue weighted by Crippen LogP contribution is -2.41. The molecule has 1 aliphatic heterocycles. The molecule has 176 valence electrons. The first-order valence-electron chi connectivity index (χ1n) is 11.4. The van der Waals surface area contributed by atoms with Crippen LogP contribution in [0.3, 0.4) is 0 Å². The maximum atomic E-state index is 12.8. The minimum Gasteiger partial charge on any atom is -0.497 e. The van der Waals surface area contributed by atoms with Crippen LogP contribution in [-0.2, 0) is 4.79 Å². The largest absolute Gasteiger partial charge is 0.497 e. The highest BCUT2D eigenvalue weighted by Crippen LogP contribution is 2.39. The number of carbonyl (C=O) groups is 1. The average molecular weight is 477 g/mol. The van der Waals surface area contributed by atoms with Crippen molar-refractivity contribution in [1.29, 1.82) is 0 Å². The van der Waals surface area contributed by atoms with Crippen LogP contribution in [0.15, 0.2) is 59.8 Å². The molecule has 0 unspecified atom stereocenters. The number of methoxy groups -OCH3 is 1. The Balaban J connectivity index is 1.70. The molecule has 8 heteroatoms. The van der Waals surface area contributed by atoms with Crippen LogP contribution in [0.25, 0.3) is 17.3 Å². The summed E-state index contributed by atoms with van der Waals surface area (Å²) in [5.74, 6) is 1.92. The van der Waals surface area contributed by atoms with Gasteiger partial charge in [0.2, 0.25) is 16.9 Å². The number of aromatic nitrogens is 3. The summed E-state index contributed by atoms with van der Waals surface area (Å²) >= 11 is 1.57. The van der Waals surface area contributed by atoms with Gasteiger partial charge < -0.3 is 9.47 Å². The number of carbonyl (C=O) groups excluding carboxylic acids is 1. The molecule has 2 heterocycles. The molecule has 0 spiro atoms. The number of hydrogen-bond acceptors (Lipinski definition) is 7. The van der Waals surface area contributed by atoms with Gasteiger partial charge in [-0.15, -0.1) is 10.2 Å². The topological polar surface area (TPSA) is 77.4 Å². The second-order valence-electron chi connectivity index (χ2n) is 7.85. The van der Waals surface area contributed by atoms with E-state index in [9.17, 15) is 4.79 Å². The highest BCUT2D eigenvalue weighted by atomic mass is 32.2. The van der Waals surface area contributed by atoms with Crippen LogP contribution in [0.2, 0.25) is 0 Å². The van der Waals surface area contributed by atoms with Gasteiger partial charge in [0, 0.05) is 18.2 Å². The van der Waals surface area contributed by atoms with Gasteiger partial charge in [-0.3, -0.25) is 9.69 Å². The van der Waals surface area contributed by atoms with Crippen molar-refractivity contribution in [2.24, 2.45) is 0 Å². The molecule has 1 atom stereocenters. The number of para-hydroxylation sites is 1. The van der Waals surface area contributed by atoms with Crippen molar-refractivity contribution in [3.8, 4) is 22.9 Å². The van der Waals surface area contributed by atoms with E-state index in [1.807, 2.05) is 60.7 Å². The number of anilines is 1. The fraction of sp³-hybridized carbons (Fsp3) is 0.308. The maximum absolute atomic E-state index is 12.8. The molecule has 2 aromatic carbocycles. The van der Waals surface area contributed by atoms with Crippen LogP contribution >= 0.6 is 11.8 Å². The van der Waals surface area contributed by atoms with E-state index in [1.54, 1.807) is 23.8 Å². The van der Waals surface area contributed by atoms with E-state index in [1.165, 1.54) is 13.3 Å². The van der Waals surface area contributed by atoms with Crippen molar-refractivity contribution in [3.63, 3.8) is 0 Å². The van der Waals surface area contributed by atoms with Gasteiger partial charge in [-0.25, -0.2) is 0 Å². The van der Waals surface area contributed by atoms with Crippen molar-refractivity contribution in [2.75, 3.05) is 17.8 Å². The molecule has 0 saturated heterocycles. The Kier molecular flexibility index (Phi) is 7.80. The van der Waals surface area contributed by atoms with E-state index >= 15 is 0 Å². The Labute approximate surface area is 204 Å². The number of thioether (sulfide) groups is 1. The van der Waals surface area contributed by atoms with E-state index in [4.69, 9.17) is 9.47 Å². The maximum Gasteiger partial charge on any atom is 0.247 e.